The van der Waals surface area contributed by atoms with E-state index in [0.29, 0.717) is 12.0 Å². The molecule has 10 N–H and O–H groups in total. The van der Waals surface area contributed by atoms with Crippen LogP contribution >= 0.6 is 0 Å². The number of nitrogens with one attached hydrogen (secondary N) is 4. The van der Waals surface area contributed by atoms with Crippen molar-refractivity contribution in [2.75, 3.05) is 6.54 Å². The summed E-state index contributed by atoms with van der Waals surface area (Å²) in [5.74, 6) is -3.40. The minimum atomic E-state index is -1.39. The van der Waals surface area contributed by atoms with Crippen LogP contribution < -0.4 is 27.4 Å². The molecule has 12 heteroatoms. The Morgan fingerprint density at radius 2 is 1.61 bits per heavy atom. The number of amides is 3. The Morgan fingerprint density at radius 1 is 0.972 bits per heavy atom. The first-order valence-corrected chi connectivity index (χ1v) is 11.8. The van der Waals surface area contributed by atoms with Crippen LogP contribution in [-0.2, 0) is 25.6 Å². The van der Waals surface area contributed by atoms with Crippen molar-refractivity contribution >= 4 is 34.6 Å². The average molecular weight is 505 g/mol. The minimum Gasteiger partial charge on any atom is -0.480 e. The number of para-hydroxylation sites is 1. The molecule has 2 aromatic rings. The third-order valence-corrected chi connectivity index (χ3v) is 5.71. The standard InChI is InChI=1S/C24H36N6O6/c1-12(2)8-16(26)21(32)30-20(13(3)31)23(34)28-18(22(33)29-19(10-25)24(35)36)9-14-11-27-17-7-5-4-6-15(14)17/h4-7,11-13,16,18-20,27,31H,8-10,25-26H2,1-3H3,(H,28,34)(H,29,33)(H,30,32)(H,35,36)/t13-,16+,18+,19+,20+/m1/s1. The second-order valence-electron chi connectivity index (χ2n) is 9.22. The summed E-state index contributed by atoms with van der Waals surface area (Å²) >= 11 is 0. The number of fused-ring (bicyclic) bond motifs is 1. The molecule has 0 spiro atoms. The van der Waals surface area contributed by atoms with Crippen LogP contribution in [0, 0.1) is 5.92 Å². The van der Waals surface area contributed by atoms with Gasteiger partial charge in [-0.15, -0.1) is 0 Å². The Morgan fingerprint density at radius 3 is 2.19 bits per heavy atom. The van der Waals surface area contributed by atoms with E-state index >= 15 is 0 Å². The van der Waals surface area contributed by atoms with Gasteiger partial charge in [-0.1, -0.05) is 32.0 Å². The third kappa shape index (κ3) is 7.77. The number of benzene rings is 1. The number of carbonyl (C=O) groups is 4. The lowest BCUT2D eigenvalue weighted by atomic mass is 10.0. The zero-order valence-corrected chi connectivity index (χ0v) is 20.7. The van der Waals surface area contributed by atoms with Gasteiger partial charge in [-0.05, 0) is 30.9 Å². The van der Waals surface area contributed by atoms with Gasteiger partial charge >= 0.3 is 5.97 Å². The van der Waals surface area contributed by atoms with Crippen LogP contribution in [0.1, 0.15) is 32.8 Å². The van der Waals surface area contributed by atoms with E-state index in [0.717, 1.165) is 10.9 Å². The summed E-state index contributed by atoms with van der Waals surface area (Å²) in [6.45, 7) is 4.76. The number of aliphatic hydroxyl groups is 1. The molecule has 1 heterocycles. The highest BCUT2D eigenvalue weighted by atomic mass is 16.4. The van der Waals surface area contributed by atoms with Gasteiger partial charge in [0.05, 0.1) is 12.1 Å². The summed E-state index contributed by atoms with van der Waals surface area (Å²) in [6, 6.07) is 2.49. The van der Waals surface area contributed by atoms with Crippen LogP contribution in [0.5, 0.6) is 0 Å². The van der Waals surface area contributed by atoms with Gasteiger partial charge in [-0.2, -0.15) is 0 Å². The number of H-pyrrole nitrogens is 1. The molecule has 0 aliphatic heterocycles. The van der Waals surface area contributed by atoms with Crippen LogP contribution in [0.25, 0.3) is 10.9 Å². The number of carbonyl (C=O) groups excluding carboxylic acids is 3. The second kappa shape index (κ2) is 13.0. The molecule has 0 radical (unpaired) electrons. The minimum absolute atomic E-state index is 0.00579. The van der Waals surface area contributed by atoms with Crippen molar-refractivity contribution in [3.63, 3.8) is 0 Å². The van der Waals surface area contributed by atoms with E-state index < -0.39 is 54.0 Å². The molecule has 0 unspecified atom stereocenters. The van der Waals surface area contributed by atoms with Crippen molar-refractivity contribution in [3.05, 3.63) is 36.0 Å². The van der Waals surface area contributed by atoms with Gasteiger partial charge in [0.15, 0.2) is 0 Å². The zero-order valence-electron chi connectivity index (χ0n) is 20.7. The maximum absolute atomic E-state index is 13.1. The molecular weight excluding hydrogens is 468 g/mol. The van der Waals surface area contributed by atoms with Gasteiger partial charge in [-0.25, -0.2) is 4.79 Å². The Bertz CT molecular complexity index is 1070. The Labute approximate surface area is 209 Å². The Kier molecular flexibility index (Phi) is 10.4. The number of aliphatic carboxylic acids is 1. The highest BCUT2D eigenvalue weighted by Gasteiger charge is 2.32. The summed E-state index contributed by atoms with van der Waals surface area (Å²) in [5, 5.41) is 27.6. The van der Waals surface area contributed by atoms with Gasteiger partial charge in [0.2, 0.25) is 17.7 Å². The summed E-state index contributed by atoms with van der Waals surface area (Å²) in [4.78, 5) is 53.1. The summed E-state index contributed by atoms with van der Waals surface area (Å²) in [6.07, 6.45) is 0.772. The SMILES string of the molecule is CC(C)C[C@H](N)C(=O)N[C@H](C(=O)N[C@@H](Cc1c[nH]c2ccccc12)C(=O)N[C@@H](CN)C(=O)O)[C@@H](C)O. The molecule has 198 valence electrons. The molecule has 2 rings (SSSR count). The fraction of sp³-hybridized carbons (Fsp3) is 0.500. The highest BCUT2D eigenvalue weighted by molar-refractivity contribution is 5.95. The first-order valence-electron chi connectivity index (χ1n) is 11.8. The van der Waals surface area contributed by atoms with E-state index in [4.69, 9.17) is 11.5 Å². The number of aliphatic hydroxyl groups excluding tert-OH is 1. The van der Waals surface area contributed by atoms with Crippen LogP contribution in [0.4, 0.5) is 0 Å². The quantitative estimate of drug-likeness (QED) is 0.168. The van der Waals surface area contributed by atoms with E-state index in [1.165, 1.54) is 6.92 Å². The first-order chi connectivity index (χ1) is 16.9. The van der Waals surface area contributed by atoms with Crippen molar-refractivity contribution in [3.8, 4) is 0 Å². The highest BCUT2D eigenvalue weighted by Crippen LogP contribution is 2.19. The number of carboxylic acid groups (broad SMARTS) is 1. The Hall–Kier alpha value is -3.48. The van der Waals surface area contributed by atoms with Crippen molar-refractivity contribution in [1.82, 2.24) is 20.9 Å². The predicted molar refractivity (Wildman–Crippen MR) is 134 cm³/mol. The van der Waals surface area contributed by atoms with Crippen molar-refractivity contribution < 1.29 is 29.4 Å². The van der Waals surface area contributed by atoms with Gasteiger partial charge < -0.3 is 42.6 Å². The van der Waals surface area contributed by atoms with Gasteiger partial charge in [0.1, 0.15) is 18.1 Å². The molecule has 0 fully saturated rings. The topological polar surface area (TPSA) is 213 Å². The largest absolute Gasteiger partial charge is 0.480 e. The van der Waals surface area contributed by atoms with E-state index in [2.05, 4.69) is 20.9 Å². The van der Waals surface area contributed by atoms with Crippen molar-refractivity contribution in [2.24, 2.45) is 17.4 Å². The summed E-state index contributed by atoms with van der Waals surface area (Å²) in [7, 11) is 0. The normalized spacial score (nSPS) is 15.5. The molecule has 36 heavy (non-hydrogen) atoms. The molecule has 1 aromatic heterocycles. The lowest BCUT2D eigenvalue weighted by Gasteiger charge is -2.26. The van der Waals surface area contributed by atoms with E-state index in [1.807, 2.05) is 38.1 Å². The lowest BCUT2D eigenvalue weighted by molar-refractivity contribution is -0.142. The fourth-order valence-corrected chi connectivity index (χ4v) is 3.77. The molecule has 0 aliphatic carbocycles. The van der Waals surface area contributed by atoms with E-state index in [9.17, 15) is 29.4 Å². The van der Waals surface area contributed by atoms with Gasteiger partial charge in [-0.3, -0.25) is 14.4 Å². The third-order valence-electron chi connectivity index (χ3n) is 5.71. The zero-order chi connectivity index (χ0) is 27.0. The van der Waals surface area contributed by atoms with Gasteiger partial charge in [0, 0.05) is 30.1 Å². The number of hydrogen-bond donors (Lipinski definition) is 8. The fourth-order valence-electron chi connectivity index (χ4n) is 3.77. The van der Waals surface area contributed by atoms with Crippen LogP contribution in [0.2, 0.25) is 0 Å². The molecule has 0 aliphatic rings. The number of hydrogen-bond acceptors (Lipinski definition) is 7. The lowest BCUT2D eigenvalue weighted by Crippen LogP contribution is -2.60. The number of rotatable bonds is 13. The average Bonchev–Trinajstić information content (AvgIpc) is 3.22. The first kappa shape index (κ1) is 28.8. The monoisotopic (exact) mass is 504 g/mol. The van der Waals surface area contributed by atoms with Crippen LogP contribution in [0.3, 0.4) is 0 Å². The number of aromatic amines is 1. The maximum atomic E-state index is 13.1. The summed E-state index contributed by atoms with van der Waals surface area (Å²) in [5.41, 5.74) is 12.9. The molecule has 0 saturated heterocycles. The van der Waals surface area contributed by atoms with Crippen molar-refractivity contribution in [1.29, 1.82) is 0 Å². The molecule has 5 atom stereocenters. The van der Waals surface area contributed by atoms with Crippen LogP contribution in [0.15, 0.2) is 30.5 Å². The molecule has 0 saturated carbocycles. The van der Waals surface area contributed by atoms with Gasteiger partial charge in [0.25, 0.3) is 0 Å². The van der Waals surface area contributed by atoms with E-state index in [1.54, 1.807) is 6.20 Å². The van der Waals surface area contributed by atoms with Crippen molar-refractivity contribution in [2.45, 2.75) is 63.9 Å². The summed E-state index contributed by atoms with van der Waals surface area (Å²) < 4.78 is 0. The molecule has 3 amide bonds. The van der Waals surface area contributed by atoms with E-state index in [-0.39, 0.29) is 18.9 Å². The Balaban J connectivity index is 2.27. The second-order valence-corrected chi connectivity index (χ2v) is 9.22. The molecule has 1 aromatic carbocycles. The maximum Gasteiger partial charge on any atom is 0.327 e. The molecular formula is C24H36N6O6. The number of aromatic nitrogens is 1. The molecule has 0 bridgehead atoms. The number of nitrogens with two attached hydrogens (primary N) is 2. The number of carboxylic acids is 1. The molecule has 12 nitrogen and oxygen atoms in total. The predicted octanol–water partition coefficient (Wildman–Crippen LogP) is -1.04. The smallest absolute Gasteiger partial charge is 0.327 e. The van der Waals surface area contributed by atoms with Crippen LogP contribution in [-0.4, -0.2) is 75.7 Å².